The SMILES string of the molecule is CCC/C(=N\OCC)C1=C(O)C[C@H](C[C@H](C)SCC)CC1=O. The Hall–Kier alpha value is -0.970. The van der Waals surface area contributed by atoms with Crippen molar-refractivity contribution < 1.29 is 14.7 Å². The van der Waals surface area contributed by atoms with Crippen molar-refractivity contribution >= 4 is 23.3 Å². The second-order valence-electron chi connectivity index (χ2n) is 5.73. The number of thioether (sulfide) groups is 1. The molecule has 4 nitrogen and oxygen atoms in total. The smallest absolute Gasteiger partial charge is 0.168 e. The van der Waals surface area contributed by atoms with Crippen LogP contribution in [0.5, 0.6) is 0 Å². The summed E-state index contributed by atoms with van der Waals surface area (Å²) in [5.41, 5.74) is 1.00. The maximum absolute atomic E-state index is 12.5. The normalized spacial score (nSPS) is 21.2. The Kier molecular flexibility index (Phi) is 8.61. The summed E-state index contributed by atoms with van der Waals surface area (Å²) in [6, 6.07) is 0. The predicted octanol–water partition coefficient (Wildman–Crippen LogP) is 4.50. The summed E-state index contributed by atoms with van der Waals surface area (Å²) < 4.78 is 0. The second kappa shape index (κ2) is 9.93. The minimum atomic E-state index is 0.00866. The fourth-order valence-electron chi connectivity index (χ4n) is 2.88. The summed E-state index contributed by atoms with van der Waals surface area (Å²) in [7, 11) is 0. The van der Waals surface area contributed by atoms with Crippen LogP contribution in [0.2, 0.25) is 0 Å². The Labute approximate surface area is 138 Å². The first kappa shape index (κ1) is 19.1. The van der Waals surface area contributed by atoms with E-state index >= 15 is 0 Å². The van der Waals surface area contributed by atoms with Crippen molar-refractivity contribution in [2.45, 2.75) is 65.0 Å². The third-order valence-corrected chi connectivity index (χ3v) is 4.81. The average molecular weight is 327 g/mol. The van der Waals surface area contributed by atoms with Crippen LogP contribution in [0.3, 0.4) is 0 Å². The minimum Gasteiger partial charge on any atom is -0.511 e. The van der Waals surface area contributed by atoms with Gasteiger partial charge in [-0.2, -0.15) is 11.8 Å². The van der Waals surface area contributed by atoms with Gasteiger partial charge in [-0.1, -0.05) is 32.3 Å². The fraction of sp³-hybridized carbons (Fsp3) is 0.765. The van der Waals surface area contributed by atoms with Gasteiger partial charge in [0.05, 0.1) is 11.3 Å². The molecule has 0 fully saturated rings. The number of ketones is 1. The zero-order valence-corrected chi connectivity index (χ0v) is 15.0. The Morgan fingerprint density at radius 2 is 2.14 bits per heavy atom. The first-order chi connectivity index (χ1) is 10.5. The van der Waals surface area contributed by atoms with E-state index in [-0.39, 0.29) is 17.5 Å². The lowest BCUT2D eigenvalue weighted by Crippen LogP contribution is -2.26. The highest BCUT2D eigenvalue weighted by molar-refractivity contribution is 7.99. The zero-order valence-electron chi connectivity index (χ0n) is 14.2. The van der Waals surface area contributed by atoms with Gasteiger partial charge in [0.2, 0.25) is 0 Å². The molecular weight excluding hydrogens is 298 g/mol. The van der Waals surface area contributed by atoms with Crippen LogP contribution in [0.4, 0.5) is 0 Å². The maximum atomic E-state index is 12.5. The first-order valence-electron chi connectivity index (χ1n) is 8.29. The van der Waals surface area contributed by atoms with E-state index in [2.05, 4.69) is 19.0 Å². The topological polar surface area (TPSA) is 58.9 Å². The number of hydrogen-bond acceptors (Lipinski definition) is 5. The third kappa shape index (κ3) is 5.67. The first-order valence-corrected chi connectivity index (χ1v) is 9.34. The van der Waals surface area contributed by atoms with Crippen LogP contribution in [-0.4, -0.2) is 34.2 Å². The number of oxime groups is 1. The Balaban J connectivity index is 2.85. The van der Waals surface area contributed by atoms with Gasteiger partial charge in [-0.15, -0.1) is 0 Å². The number of allylic oxidation sites excluding steroid dienone is 2. The van der Waals surface area contributed by atoms with Crippen LogP contribution in [0.1, 0.15) is 59.8 Å². The molecule has 1 rings (SSSR count). The molecule has 126 valence electrons. The molecule has 0 aliphatic heterocycles. The van der Waals surface area contributed by atoms with Crippen molar-refractivity contribution in [3.05, 3.63) is 11.3 Å². The second-order valence-corrected chi connectivity index (χ2v) is 7.44. The molecule has 0 unspecified atom stereocenters. The number of Topliss-reactive ketones (excluding diaryl/α,β-unsaturated/α-hetero) is 1. The van der Waals surface area contributed by atoms with Crippen molar-refractivity contribution in [3.63, 3.8) is 0 Å². The zero-order chi connectivity index (χ0) is 16.5. The molecule has 0 saturated carbocycles. The van der Waals surface area contributed by atoms with Gasteiger partial charge in [0.15, 0.2) is 5.78 Å². The molecule has 0 aromatic heterocycles. The molecule has 0 saturated heterocycles. The van der Waals surface area contributed by atoms with Crippen molar-refractivity contribution in [3.8, 4) is 0 Å². The van der Waals surface area contributed by atoms with Crippen LogP contribution in [0.15, 0.2) is 16.5 Å². The number of hydrogen-bond donors (Lipinski definition) is 1. The Bertz CT molecular complexity index is 432. The number of aliphatic hydroxyl groups is 1. The third-order valence-electron chi connectivity index (χ3n) is 3.72. The highest BCUT2D eigenvalue weighted by Gasteiger charge is 2.31. The molecular formula is C17H29NO3S. The van der Waals surface area contributed by atoms with Gasteiger partial charge in [0.25, 0.3) is 0 Å². The van der Waals surface area contributed by atoms with Gasteiger partial charge >= 0.3 is 0 Å². The molecule has 0 radical (unpaired) electrons. The summed E-state index contributed by atoms with van der Waals surface area (Å²) in [6.07, 6.45) is 3.56. The lowest BCUT2D eigenvalue weighted by Gasteiger charge is -2.25. The molecule has 22 heavy (non-hydrogen) atoms. The van der Waals surface area contributed by atoms with Crippen LogP contribution in [0.25, 0.3) is 0 Å². The molecule has 1 aliphatic rings. The van der Waals surface area contributed by atoms with E-state index in [1.807, 2.05) is 25.6 Å². The molecule has 0 bridgehead atoms. The molecule has 2 atom stereocenters. The van der Waals surface area contributed by atoms with Crippen LogP contribution in [-0.2, 0) is 9.63 Å². The van der Waals surface area contributed by atoms with Crippen molar-refractivity contribution in [1.82, 2.24) is 0 Å². The highest BCUT2D eigenvalue weighted by atomic mass is 32.2. The van der Waals surface area contributed by atoms with E-state index in [0.717, 1.165) is 18.6 Å². The lowest BCUT2D eigenvalue weighted by molar-refractivity contribution is -0.116. The Morgan fingerprint density at radius 3 is 2.68 bits per heavy atom. The maximum Gasteiger partial charge on any atom is 0.168 e. The van der Waals surface area contributed by atoms with Crippen molar-refractivity contribution in [2.24, 2.45) is 11.1 Å². The summed E-state index contributed by atoms with van der Waals surface area (Å²) in [4.78, 5) is 17.6. The molecule has 0 aromatic carbocycles. The standard InChI is InChI=1S/C17H29NO3S/c1-5-8-14(18-21-6-2)17-15(19)10-13(11-16(17)20)9-12(4)22-7-3/h12-13,19H,5-11H2,1-4H3/b18-14+/t12-,13-/m0/s1. The number of aliphatic hydroxyl groups excluding tert-OH is 1. The van der Waals surface area contributed by atoms with Crippen LogP contribution < -0.4 is 0 Å². The average Bonchev–Trinajstić information content (AvgIpc) is 2.44. The quantitative estimate of drug-likeness (QED) is 0.500. The van der Waals surface area contributed by atoms with Gasteiger partial charge in [-0.25, -0.2) is 0 Å². The monoisotopic (exact) mass is 327 g/mol. The van der Waals surface area contributed by atoms with E-state index in [0.29, 0.717) is 42.4 Å². The lowest BCUT2D eigenvalue weighted by atomic mass is 9.82. The molecule has 0 amide bonds. The number of rotatable bonds is 9. The highest BCUT2D eigenvalue weighted by Crippen LogP contribution is 2.32. The van der Waals surface area contributed by atoms with E-state index in [1.54, 1.807) is 0 Å². The van der Waals surface area contributed by atoms with Gasteiger partial charge < -0.3 is 9.94 Å². The van der Waals surface area contributed by atoms with Gasteiger partial charge in [-0.3, -0.25) is 4.79 Å². The predicted molar refractivity (Wildman–Crippen MR) is 93.6 cm³/mol. The summed E-state index contributed by atoms with van der Waals surface area (Å²) >= 11 is 1.90. The van der Waals surface area contributed by atoms with Gasteiger partial charge in [-0.05, 0) is 31.4 Å². The van der Waals surface area contributed by atoms with E-state index in [4.69, 9.17) is 4.84 Å². The molecule has 0 aromatic rings. The number of nitrogens with zero attached hydrogens (tertiary/aromatic N) is 1. The molecule has 1 aliphatic carbocycles. The molecule has 0 heterocycles. The van der Waals surface area contributed by atoms with E-state index in [1.165, 1.54) is 0 Å². The molecule has 1 N–H and O–H groups in total. The molecule has 5 heteroatoms. The fourth-order valence-corrected chi connectivity index (χ4v) is 3.86. The van der Waals surface area contributed by atoms with Gasteiger partial charge in [0, 0.05) is 18.1 Å². The summed E-state index contributed by atoms with van der Waals surface area (Å²) in [5.74, 6) is 1.52. The number of carbonyl (C=O) groups excluding carboxylic acids is 1. The van der Waals surface area contributed by atoms with Crippen LogP contribution >= 0.6 is 11.8 Å². The largest absolute Gasteiger partial charge is 0.511 e. The van der Waals surface area contributed by atoms with Crippen molar-refractivity contribution in [2.75, 3.05) is 12.4 Å². The van der Waals surface area contributed by atoms with Gasteiger partial charge in [0.1, 0.15) is 12.4 Å². The van der Waals surface area contributed by atoms with Crippen LogP contribution in [0, 0.1) is 5.92 Å². The summed E-state index contributed by atoms with van der Waals surface area (Å²) in [6.45, 7) is 8.67. The van der Waals surface area contributed by atoms with E-state index in [9.17, 15) is 9.90 Å². The number of carbonyl (C=O) groups is 1. The van der Waals surface area contributed by atoms with E-state index < -0.39 is 0 Å². The Morgan fingerprint density at radius 1 is 1.41 bits per heavy atom. The minimum absolute atomic E-state index is 0.00866. The van der Waals surface area contributed by atoms with Crippen molar-refractivity contribution in [1.29, 1.82) is 0 Å². The summed E-state index contributed by atoms with van der Waals surface area (Å²) in [5, 5.41) is 14.9. The molecule has 0 spiro atoms.